The first-order chi connectivity index (χ1) is 7.63. The molecular weight excluding hydrogens is 202 g/mol. The van der Waals surface area contributed by atoms with Crippen LogP contribution in [0.25, 0.3) is 5.69 Å². The minimum atomic E-state index is -0.692. The minimum Gasteiger partial charge on any atom is -0.394 e. The van der Waals surface area contributed by atoms with Crippen molar-refractivity contribution >= 4 is 0 Å². The van der Waals surface area contributed by atoms with Crippen LogP contribution in [0.4, 0.5) is 0 Å². The lowest BCUT2D eigenvalue weighted by Crippen LogP contribution is -2.36. The third-order valence-electron chi connectivity index (χ3n) is 2.62. The van der Waals surface area contributed by atoms with Crippen LogP contribution in [-0.4, -0.2) is 21.5 Å². The molecule has 0 fully saturated rings. The van der Waals surface area contributed by atoms with Crippen LogP contribution >= 0.6 is 0 Å². The van der Waals surface area contributed by atoms with E-state index in [1.165, 1.54) is 0 Å². The van der Waals surface area contributed by atoms with Crippen molar-refractivity contribution in [3.63, 3.8) is 0 Å². The van der Waals surface area contributed by atoms with Crippen molar-refractivity contribution < 1.29 is 5.11 Å². The Kier molecular flexibility index (Phi) is 2.77. The van der Waals surface area contributed by atoms with Crippen molar-refractivity contribution in [3.05, 3.63) is 48.3 Å². The number of nitrogens with zero attached hydrogens (tertiary/aromatic N) is 2. The molecule has 0 spiro atoms. The molecule has 0 saturated carbocycles. The van der Waals surface area contributed by atoms with Gasteiger partial charge < -0.3 is 10.8 Å². The molecule has 84 valence electrons. The third kappa shape index (κ3) is 1.98. The number of benzene rings is 1. The zero-order chi connectivity index (χ0) is 11.6. The van der Waals surface area contributed by atoms with Gasteiger partial charge in [-0.05, 0) is 30.7 Å². The van der Waals surface area contributed by atoms with Crippen LogP contribution in [0.3, 0.4) is 0 Å². The molecule has 0 aliphatic heterocycles. The van der Waals surface area contributed by atoms with E-state index < -0.39 is 5.54 Å². The molecule has 1 unspecified atom stereocenters. The summed E-state index contributed by atoms with van der Waals surface area (Å²) in [4.78, 5) is 0. The van der Waals surface area contributed by atoms with Crippen LogP contribution in [0.2, 0.25) is 0 Å². The summed E-state index contributed by atoms with van der Waals surface area (Å²) in [6, 6.07) is 9.56. The molecule has 1 aromatic heterocycles. The molecule has 1 heterocycles. The van der Waals surface area contributed by atoms with Crippen LogP contribution in [0.5, 0.6) is 0 Å². The lowest BCUT2D eigenvalue weighted by Gasteiger charge is -2.22. The van der Waals surface area contributed by atoms with Gasteiger partial charge in [-0.25, -0.2) is 4.68 Å². The maximum absolute atomic E-state index is 9.16. The van der Waals surface area contributed by atoms with Crippen LogP contribution < -0.4 is 5.73 Å². The van der Waals surface area contributed by atoms with Gasteiger partial charge in [0.1, 0.15) is 0 Å². The lowest BCUT2D eigenvalue weighted by molar-refractivity contribution is 0.210. The standard InChI is InChI=1S/C12H15N3O/c1-12(13,9-16)10-3-5-11(6-4-10)15-8-2-7-14-15/h2-8,16H,9,13H2,1H3. The molecule has 16 heavy (non-hydrogen) atoms. The van der Waals surface area contributed by atoms with Gasteiger partial charge in [0.25, 0.3) is 0 Å². The van der Waals surface area contributed by atoms with E-state index in [-0.39, 0.29) is 6.61 Å². The highest BCUT2D eigenvalue weighted by atomic mass is 16.3. The van der Waals surface area contributed by atoms with E-state index in [0.29, 0.717) is 0 Å². The van der Waals surface area contributed by atoms with Gasteiger partial charge >= 0.3 is 0 Å². The summed E-state index contributed by atoms with van der Waals surface area (Å²) in [5.74, 6) is 0. The molecule has 1 atom stereocenters. The number of hydrogen-bond donors (Lipinski definition) is 2. The lowest BCUT2D eigenvalue weighted by atomic mass is 9.94. The van der Waals surface area contributed by atoms with Gasteiger partial charge in [-0.15, -0.1) is 0 Å². The summed E-state index contributed by atoms with van der Waals surface area (Å²) in [6.07, 6.45) is 3.61. The summed E-state index contributed by atoms with van der Waals surface area (Å²) >= 11 is 0. The fourth-order valence-electron chi connectivity index (χ4n) is 1.51. The summed E-state index contributed by atoms with van der Waals surface area (Å²) in [7, 11) is 0. The smallest absolute Gasteiger partial charge is 0.0650 e. The average molecular weight is 217 g/mol. The zero-order valence-corrected chi connectivity index (χ0v) is 9.17. The first-order valence-corrected chi connectivity index (χ1v) is 5.14. The summed E-state index contributed by atoms with van der Waals surface area (Å²) < 4.78 is 1.77. The van der Waals surface area contributed by atoms with Crippen molar-refractivity contribution in [2.24, 2.45) is 5.73 Å². The second-order valence-electron chi connectivity index (χ2n) is 4.07. The maximum Gasteiger partial charge on any atom is 0.0650 e. The summed E-state index contributed by atoms with van der Waals surface area (Å²) in [5, 5.41) is 13.3. The van der Waals surface area contributed by atoms with E-state index >= 15 is 0 Å². The molecular formula is C12H15N3O. The Morgan fingerprint density at radius 3 is 2.56 bits per heavy atom. The predicted octanol–water partition coefficient (Wildman–Crippen LogP) is 1.04. The summed E-state index contributed by atoms with van der Waals surface area (Å²) in [5.41, 5.74) is 7.12. The summed E-state index contributed by atoms with van der Waals surface area (Å²) in [6.45, 7) is 1.73. The molecule has 4 heteroatoms. The quantitative estimate of drug-likeness (QED) is 0.807. The number of nitrogens with two attached hydrogens (primary N) is 1. The Balaban J connectivity index is 2.30. The van der Waals surface area contributed by atoms with Crippen LogP contribution in [0, 0.1) is 0 Å². The minimum absolute atomic E-state index is 0.0753. The van der Waals surface area contributed by atoms with Crippen molar-refractivity contribution in [1.82, 2.24) is 9.78 Å². The highest BCUT2D eigenvalue weighted by Crippen LogP contribution is 2.18. The number of aromatic nitrogens is 2. The van der Waals surface area contributed by atoms with Crippen molar-refractivity contribution in [2.45, 2.75) is 12.5 Å². The van der Waals surface area contributed by atoms with E-state index in [2.05, 4.69) is 5.10 Å². The molecule has 0 radical (unpaired) electrons. The highest BCUT2D eigenvalue weighted by Gasteiger charge is 2.19. The van der Waals surface area contributed by atoms with Crippen molar-refractivity contribution in [3.8, 4) is 5.69 Å². The van der Waals surface area contributed by atoms with E-state index in [9.17, 15) is 0 Å². The molecule has 2 aromatic rings. The average Bonchev–Trinajstić information content (AvgIpc) is 2.83. The first-order valence-electron chi connectivity index (χ1n) is 5.14. The second kappa shape index (κ2) is 4.08. The zero-order valence-electron chi connectivity index (χ0n) is 9.17. The van der Waals surface area contributed by atoms with Gasteiger partial charge in [0.2, 0.25) is 0 Å². The SMILES string of the molecule is CC(N)(CO)c1ccc(-n2cccn2)cc1. The van der Waals surface area contributed by atoms with Crippen LogP contribution in [-0.2, 0) is 5.54 Å². The van der Waals surface area contributed by atoms with Crippen molar-refractivity contribution in [1.29, 1.82) is 0 Å². The highest BCUT2D eigenvalue weighted by molar-refractivity contribution is 5.36. The van der Waals surface area contributed by atoms with Crippen LogP contribution in [0.1, 0.15) is 12.5 Å². The monoisotopic (exact) mass is 217 g/mol. The van der Waals surface area contributed by atoms with E-state index in [1.807, 2.05) is 36.5 Å². The Bertz CT molecular complexity index is 446. The van der Waals surface area contributed by atoms with E-state index in [1.54, 1.807) is 17.8 Å². The van der Waals surface area contributed by atoms with Crippen LogP contribution in [0.15, 0.2) is 42.7 Å². The molecule has 1 aromatic carbocycles. The first kappa shape index (κ1) is 10.9. The van der Waals surface area contributed by atoms with Gasteiger partial charge in [-0.2, -0.15) is 5.10 Å². The van der Waals surface area contributed by atoms with E-state index in [4.69, 9.17) is 10.8 Å². The Morgan fingerprint density at radius 1 is 1.38 bits per heavy atom. The molecule has 0 amide bonds. The van der Waals surface area contributed by atoms with Gasteiger partial charge in [-0.3, -0.25) is 0 Å². The second-order valence-corrected chi connectivity index (χ2v) is 4.07. The molecule has 2 rings (SSSR count). The normalized spacial score (nSPS) is 14.7. The molecule has 0 saturated heterocycles. The fraction of sp³-hybridized carbons (Fsp3) is 0.250. The maximum atomic E-state index is 9.16. The number of aliphatic hydroxyl groups is 1. The molecule has 0 aliphatic rings. The van der Waals surface area contributed by atoms with E-state index in [0.717, 1.165) is 11.3 Å². The Labute approximate surface area is 94.3 Å². The molecule has 3 N–H and O–H groups in total. The largest absolute Gasteiger partial charge is 0.394 e. The Hall–Kier alpha value is -1.65. The van der Waals surface area contributed by atoms with Gasteiger partial charge in [0, 0.05) is 12.4 Å². The molecule has 4 nitrogen and oxygen atoms in total. The number of rotatable bonds is 3. The Morgan fingerprint density at radius 2 is 2.06 bits per heavy atom. The number of hydrogen-bond acceptors (Lipinski definition) is 3. The molecule has 0 bridgehead atoms. The van der Waals surface area contributed by atoms with Gasteiger partial charge in [0.15, 0.2) is 0 Å². The van der Waals surface area contributed by atoms with Crippen molar-refractivity contribution in [2.75, 3.05) is 6.61 Å². The van der Waals surface area contributed by atoms with Gasteiger partial charge in [-0.1, -0.05) is 12.1 Å². The fourth-order valence-corrected chi connectivity index (χ4v) is 1.51. The number of aliphatic hydroxyl groups excluding tert-OH is 1. The van der Waals surface area contributed by atoms with Gasteiger partial charge in [0.05, 0.1) is 17.8 Å². The molecule has 0 aliphatic carbocycles. The predicted molar refractivity (Wildman–Crippen MR) is 62.2 cm³/mol. The third-order valence-corrected chi connectivity index (χ3v) is 2.62. The topological polar surface area (TPSA) is 64.1 Å².